The third kappa shape index (κ3) is 3.87. The molecule has 8 heteroatoms. The Morgan fingerprint density at radius 2 is 2.12 bits per heavy atom. The molecular weight excluding hydrogens is 327 g/mol. The van der Waals surface area contributed by atoms with E-state index in [-0.39, 0.29) is 37.5 Å². The third-order valence-electron chi connectivity index (χ3n) is 4.12. The molecule has 1 N–H and O–H groups in total. The lowest BCUT2D eigenvalue weighted by molar-refractivity contribution is -0.152. The third-order valence-corrected chi connectivity index (χ3v) is 4.12. The van der Waals surface area contributed by atoms with E-state index in [1.807, 2.05) is 0 Å². The van der Waals surface area contributed by atoms with Gasteiger partial charge in [-0.15, -0.1) is 0 Å². The maximum Gasteiger partial charge on any atom is 0.416 e. The summed E-state index contributed by atoms with van der Waals surface area (Å²) in [5, 5.41) is 9.44. The van der Waals surface area contributed by atoms with Crippen LogP contribution in [-0.4, -0.2) is 42.1 Å². The second-order valence-electron chi connectivity index (χ2n) is 5.63. The number of carbonyl (C=O) groups is 2. The molecule has 0 saturated carbocycles. The zero-order valence-corrected chi connectivity index (χ0v) is 13.0. The lowest BCUT2D eigenvalue weighted by atomic mass is 9.84. The standard InChI is InChI=1S/C16H18F3NO4/c1-24-8-7-20-13(21)6-5-12(15(22)23)14(20)10-3-2-4-11(9-10)16(17,18)19/h2-4,9,12,14H,5-8H2,1H3,(H,22,23). The number of aliphatic carboxylic acids is 1. The van der Waals surface area contributed by atoms with E-state index in [2.05, 4.69) is 0 Å². The predicted octanol–water partition coefficient (Wildman–Crippen LogP) is 2.72. The number of hydrogen-bond donors (Lipinski definition) is 1. The van der Waals surface area contributed by atoms with Crippen LogP contribution >= 0.6 is 0 Å². The first kappa shape index (κ1) is 18.3. The van der Waals surface area contributed by atoms with Crippen molar-refractivity contribution in [1.82, 2.24) is 4.90 Å². The summed E-state index contributed by atoms with van der Waals surface area (Å²) in [5.74, 6) is -2.37. The normalized spacial score (nSPS) is 21.8. The number of piperidine rings is 1. The second kappa shape index (κ2) is 7.21. The van der Waals surface area contributed by atoms with Crippen molar-refractivity contribution in [1.29, 1.82) is 0 Å². The summed E-state index contributed by atoms with van der Waals surface area (Å²) in [4.78, 5) is 25.1. The van der Waals surface area contributed by atoms with Crippen molar-refractivity contribution in [2.75, 3.05) is 20.3 Å². The van der Waals surface area contributed by atoms with E-state index in [9.17, 15) is 27.9 Å². The fraction of sp³-hybridized carbons (Fsp3) is 0.500. The molecular formula is C16H18F3NO4. The first-order valence-electron chi connectivity index (χ1n) is 7.44. The fourth-order valence-corrected chi connectivity index (χ4v) is 2.98. The molecule has 1 aliphatic heterocycles. The highest BCUT2D eigenvalue weighted by Gasteiger charge is 2.41. The van der Waals surface area contributed by atoms with Crippen LogP contribution in [0.25, 0.3) is 0 Å². The van der Waals surface area contributed by atoms with Gasteiger partial charge in [-0.2, -0.15) is 13.2 Å². The lowest BCUT2D eigenvalue weighted by Crippen LogP contribution is -2.46. The Hall–Kier alpha value is -2.09. The molecule has 1 heterocycles. The Balaban J connectivity index is 2.45. The number of amides is 1. The molecule has 24 heavy (non-hydrogen) atoms. The molecule has 2 rings (SSSR count). The number of methoxy groups -OCH3 is 1. The van der Waals surface area contributed by atoms with Crippen molar-refractivity contribution >= 4 is 11.9 Å². The van der Waals surface area contributed by atoms with Crippen LogP contribution in [0.2, 0.25) is 0 Å². The summed E-state index contributed by atoms with van der Waals surface area (Å²) in [6.07, 6.45) is -4.39. The van der Waals surface area contributed by atoms with Crippen LogP contribution in [0.1, 0.15) is 30.0 Å². The van der Waals surface area contributed by atoms with Crippen molar-refractivity contribution in [3.63, 3.8) is 0 Å². The molecule has 5 nitrogen and oxygen atoms in total. The number of nitrogens with zero attached hydrogens (tertiary/aromatic N) is 1. The Kier molecular flexibility index (Phi) is 5.48. The molecule has 2 atom stereocenters. The van der Waals surface area contributed by atoms with Crippen LogP contribution in [0.5, 0.6) is 0 Å². The van der Waals surface area contributed by atoms with Gasteiger partial charge in [0.2, 0.25) is 5.91 Å². The summed E-state index contributed by atoms with van der Waals surface area (Å²) >= 11 is 0. The van der Waals surface area contributed by atoms with Gasteiger partial charge in [0.25, 0.3) is 0 Å². The molecule has 1 aromatic rings. The number of carboxylic acid groups (broad SMARTS) is 1. The maximum absolute atomic E-state index is 13.0. The minimum atomic E-state index is -4.54. The Bertz CT molecular complexity index is 618. The van der Waals surface area contributed by atoms with Gasteiger partial charge in [-0.25, -0.2) is 0 Å². The Morgan fingerprint density at radius 3 is 2.71 bits per heavy atom. The molecule has 1 fully saturated rings. The molecule has 1 amide bonds. The van der Waals surface area contributed by atoms with E-state index in [4.69, 9.17) is 4.74 Å². The summed E-state index contributed by atoms with van der Waals surface area (Å²) in [6.45, 7) is 0.299. The predicted molar refractivity (Wildman–Crippen MR) is 78.1 cm³/mol. The van der Waals surface area contributed by atoms with Gasteiger partial charge in [0.15, 0.2) is 0 Å². The number of alkyl halides is 3. The highest BCUT2D eigenvalue weighted by atomic mass is 19.4. The van der Waals surface area contributed by atoms with Crippen LogP contribution < -0.4 is 0 Å². The van der Waals surface area contributed by atoms with E-state index in [1.54, 1.807) is 0 Å². The monoisotopic (exact) mass is 345 g/mol. The Morgan fingerprint density at radius 1 is 1.42 bits per heavy atom. The molecule has 0 aromatic heterocycles. The van der Waals surface area contributed by atoms with Crippen LogP contribution in [0.4, 0.5) is 13.2 Å². The summed E-state index contributed by atoms with van der Waals surface area (Å²) < 4.78 is 43.8. The van der Waals surface area contributed by atoms with Crippen molar-refractivity contribution in [3.05, 3.63) is 35.4 Å². The number of carboxylic acids is 1. The van der Waals surface area contributed by atoms with E-state index < -0.39 is 29.7 Å². The molecule has 0 aliphatic carbocycles. The molecule has 0 radical (unpaired) electrons. The number of carbonyl (C=O) groups excluding carboxylic acids is 1. The summed E-state index contributed by atoms with van der Waals surface area (Å²) in [5.41, 5.74) is -0.699. The van der Waals surface area contributed by atoms with Gasteiger partial charge in [-0.05, 0) is 24.1 Å². The number of rotatable bonds is 5. The van der Waals surface area contributed by atoms with Crippen molar-refractivity contribution in [2.24, 2.45) is 5.92 Å². The van der Waals surface area contributed by atoms with Gasteiger partial charge in [-0.3, -0.25) is 9.59 Å². The smallest absolute Gasteiger partial charge is 0.416 e. The zero-order chi connectivity index (χ0) is 17.9. The average molecular weight is 345 g/mol. The van der Waals surface area contributed by atoms with E-state index in [1.165, 1.54) is 24.1 Å². The number of halogens is 3. The van der Waals surface area contributed by atoms with Crippen molar-refractivity contribution in [3.8, 4) is 0 Å². The van der Waals surface area contributed by atoms with Gasteiger partial charge in [-0.1, -0.05) is 12.1 Å². The number of hydrogen-bond acceptors (Lipinski definition) is 3. The molecule has 1 aliphatic rings. The number of ether oxygens (including phenoxy) is 1. The Labute approximate surface area is 137 Å². The largest absolute Gasteiger partial charge is 0.481 e. The topological polar surface area (TPSA) is 66.8 Å². The van der Waals surface area contributed by atoms with Crippen molar-refractivity contribution in [2.45, 2.75) is 25.1 Å². The molecule has 0 spiro atoms. The average Bonchev–Trinajstić information content (AvgIpc) is 2.52. The summed E-state index contributed by atoms with van der Waals surface area (Å²) in [6, 6.07) is 3.54. The van der Waals surface area contributed by atoms with Gasteiger partial charge >= 0.3 is 12.1 Å². The minimum Gasteiger partial charge on any atom is -0.481 e. The number of benzene rings is 1. The SMILES string of the molecule is COCCN1C(=O)CCC(C(=O)O)C1c1cccc(C(F)(F)F)c1. The van der Waals surface area contributed by atoms with Crippen LogP contribution in [0.3, 0.4) is 0 Å². The molecule has 132 valence electrons. The van der Waals surface area contributed by atoms with Crippen LogP contribution in [0.15, 0.2) is 24.3 Å². The molecule has 1 saturated heterocycles. The minimum absolute atomic E-state index is 0.0517. The quantitative estimate of drug-likeness (QED) is 0.891. The summed E-state index contributed by atoms with van der Waals surface area (Å²) in [7, 11) is 1.43. The molecule has 1 aromatic carbocycles. The highest BCUT2D eigenvalue weighted by Crippen LogP contribution is 2.39. The number of likely N-dealkylation sites (tertiary alicyclic amines) is 1. The zero-order valence-electron chi connectivity index (χ0n) is 13.0. The molecule has 2 unspecified atom stereocenters. The van der Waals surface area contributed by atoms with Gasteiger partial charge in [0.05, 0.1) is 24.1 Å². The maximum atomic E-state index is 13.0. The van der Waals surface area contributed by atoms with Crippen LogP contribution in [0, 0.1) is 5.92 Å². The van der Waals surface area contributed by atoms with Gasteiger partial charge < -0.3 is 14.7 Å². The highest BCUT2D eigenvalue weighted by molar-refractivity contribution is 5.81. The first-order chi connectivity index (χ1) is 11.3. The van der Waals surface area contributed by atoms with Crippen molar-refractivity contribution < 1.29 is 32.6 Å². The lowest BCUT2D eigenvalue weighted by Gasteiger charge is -2.39. The first-order valence-corrected chi connectivity index (χ1v) is 7.44. The van der Waals surface area contributed by atoms with Crippen LogP contribution in [-0.2, 0) is 20.5 Å². The fourth-order valence-electron chi connectivity index (χ4n) is 2.98. The second-order valence-corrected chi connectivity index (χ2v) is 5.63. The van der Waals surface area contributed by atoms with E-state index in [0.29, 0.717) is 0 Å². The van der Waals surface area contributed by atoms with Gasteiger partial charge in [0, 0.05) is 20.1 Å². The molecule has 0 bridgehead atoms. The van der Waals surface area contributed by atoms with E-state index in [0.717, 1.165) is 12.1 Å². The van der Waals surface area contributed by atoms with Gasteiger partial charge in [0.1, 0.15) is 0 Å². The van der Waals surface area contributed by atoms with E-state index >= 15 is 0 Å².